The van der Waals surface area contributed by atoms with Gasteiger partial charge in [0.25, 0.3) is 11.9 Å². The van der Waals surface area contributed by atoms with Crippen molar-refractivity contribution in [3.63, 3.8) is 0 Å². The van der Waals surface area contributed by atoms with Crippen LogP contribution in [0, 0.1) is 23.5 Å². The van der Waals surface area contributed by atoms with Crippen LogP contribution in [0.5, 0.6) is 0 Å². The van der Waals surface area contributed by atoms with Crippen LogP contribution in [0.2, 0.25) is 0 Å². The van der Waals surface area contributed by atoms with Gasteiger partial charge in [0.15, 0.2) is 0 Å². The second kappa shape index (κ2) is 5.68. The van der Waals surface area contributed by atoms with Gasteiger partial charge in [-0.25, -0.2) is 4.98 Å². The minimum Gasteiger partial charge on any atom is -0.380 e. The number of aromatic nitrogens is 3. The number of hydrogen-bond donors (Lipinski definition) is 1. The van der Waals surface area contributed by atoms with Crippen molar-refractivity contribution in [2.24, 2.45) is 0 Å². The van der Waals surface area contributed by atoms with Crippen molar-refractivity contribution in [2.45, 2.75) is 13.0 Å². The molecule has 0 saturated carbocycles. The molecule has 0 saturated heterocycles. The molecule has 8 heteroatoms. The number of imidazole rings is 1. The van der Waals surface area contributed by atoms with E-state index in [1.165, 1.54) is 0 Å². The molecule has 2 aromatic rings. The summed E-state index contributed by atoms with van der Waals surface area (Å²) >= 11 is 0. The van der Waals surface area contributed by atoms with Crippen LogP contribution in [-0.2, 0) is 6.54 Å². The number of pyridine rings is 1. The zero-order chi connectivity index (χ0) is 13.8. The molecule has 4 nitrogen and oxygen atoms in total. The van der Waals surface area contributed by atoms with Gasteiger partial charge in [-0.3, -0.25) is 0 Å². The lowest BCUT2D eigenvalue weighted by Crippen LogP contribution is -2.12. The van der Waals surface area contributed by atoms with Crippen LogP contribution in [0.25, 0.3) is 0 Å². The highest BCUT2D eigenvalue weighted by Gasteiger charge is 2.20. The zero-order valence-corrected chi connectivity index (χ0v) is 9.71. The Hall–Kier alpha value is -2.12. The number of aryl methyl sites for hydroxylation is 1. The zero-order valence-electron chi connectivity index (χ0n) is 9.71. The van der Waals surface area contributed by atoms with E-state index in [2.05, 4.69) is 15.3 Å². The maximum absolute atomic E-state index is 13.2. The van der Waals surface area contributed by atoms with Gasteiger partial charge >= 0.3 is 0 Å². The Balaban J connectivity index is 1.96. The first-order chi connectivity index (χ1) is 9.09. The molecular formula is C11H10F4N4. The summed E-state index contributed by atoms with van der Waals surface area (Å²) < 4.78 is 53.8. The Morgan fingerprint density at radius 2 is 1.79 bits per heavy atom. The first-order valence-electron chi connectivity index (χ1n) is 5.49. The maximum Gasteiger partial charge on any atom is 0.253 e. The summed E-state index contributed by atoms with van der Waals surface area (Å²) in [7, 11) is 0. The van der Waals surface area contributed by atoms with E-state index in [0.29, 0.717) is 13.0 Å². The molecule has 19 heavy (non-hydrogen) atoms. The molecule has 0 aliphatic rings. The van der Waals surface area contributed by atoms with E-state index < -0.39 is 29.2 Å². The number of rotatable bonds is 5. The molecule has 0 fully saturated rings. The van der Waals surface area contributed by atoms with Crippen LogP contribution in [0.4, 0.5) is 23.2 Å². The Morgan fingerprint density at radius 3 is 2.37 bits per heavy atom. The van der Waals surface area contributed by atoms with Crippen LogP contribution >= 0.6 is 0 Å². The van der Waals surface area contributed by atoms with Crippen LogP contribution in [-0.4, -0.2) is 21.1 Å². The van der Waals surface area contributed by atoms with Gasteiger partial charge in [0, 0.05) is 25.5 Å². The molecule has 0 radical (unpaired) electrons. The van der Waals surface area contributed by atoms with Crippen molar-refractivity contribution in [1.29, 1.82) is 0 Å². The van der Waals surface area contributed by atoms with Gasteiger partial charge in [-0.15, -0.1) is 0 Å². The largest absolute Gasteiger partial charge is 0.380 e. The molecular weight excluding hydrogens is 264 g/mol. The topological polar surface area (TPSA) is 42.7 Å². The fourth-order valence-corrected chi connectivity index (χ4v) is 1.54. The minimum atomic E-state index is -1.67. The molecule has 0 aliphatic carbocycles. The van der Waals surface area contributed by atoms with Gasteiger partial charge in [-0.05, 0) is 6.42 Å². The number of hydrogen-bond acceptors (Lipinski definition) is 3. The Labute approximate surface area is 106 Å². The Morgan fingerprint density at radius 1 is 1.11 bits per heavy atom. The molecule has 0 bridgehead atoms. The summed E-state index contributed by atoms with van der Waals surface area (Å²) in [5.74, 6) is -6.39. The van der Waals surface area contributed by atoms with E-state index in [1.807, 2.05) is 0 Å². The Bertz CT molecular complexity index is 530. The summed E-state index contributed by atoms with van der Waals surface area (Å²) in [5, 5.41) is 2.32. The highest BCUT2D eigenvalue weighted by atomic mass is 19.2. The maximum atomic E-state index is 13.2. The highest BCUT2D eigenvalue weighted by Crippen LogP contribution is 2.21. The third kappa shape index (κ3) is 3.01. The second-order valence-corrected chi connectivity index (χ2v) is 3.78. The fourth-order valence-electron chi connectivity index (χ4n) is 1.54. The van der Waals surface area contributed by atoms with Gasteiger partial charge in [0.05, 0.1) is 6.33 Å². The van der Waals surface area contributed by atoms with Crippen molar-refractivity contribution in [2.75, 3.05) is 11.9 Å². The smallest absolute Gasteiger partial charge is 0.253 e. The monoisotopic (exact) mass is 274 g/mol. The first kappa shape index (κ1) is 13.3. The van der Waals surface area contributed by atoms with Crippen LogP contribution in [0.15, 0.2) is 18.7 Å². The molecule has 1 N–H and O–H groups in total. The van der Waals surface area contributed by atoms with Crippen molar-refractivity contribution in [3.05, 3.63) is 42.3 Å². The lowest BCUT2D eigenvalue weighted by Gasteiger charge is -2.09. The van der Waals surface area contributed by atoms with Crippen LogP contribution < -0.4 is 5.32 Å². The van der Waals surface area contributed by atoms with Gasteiger partial charge in [-0.2, -0.15) is 22.5 Å². The second-order valence-electron chi connectivity index (χ2n) is 3.78. The van der Waals surface area contributed by atoms with E-state index in [9.17, 15) is 17.6 Å². The predicted molar refractivity (Wildman–Crippen MR) is 59.4 cm³/mol. The van der Waals surface area contributed by atoms with Crippen molar-refractivity contribution >= 4 is 5.69 Å². The normalized spacial score (nSPS) is 10.7. The molecule has 0 unspecified atom stereocenters. The van der Waals surface area contributed by atoms with E-state index in [4.69, 9.17) is 0 Å². The van der Waals surface area contributed by atoms with E-state index >= 15 is 0 Å². The van der Waals surface area contributed by atoms with Gasteiger partial charge < -0.3 is 9.88 Å². The lowest BCUT2D eigenvalue weighted by atomic mass is 10.3. The van der Waals surface area contributed by atoms with Crippen LogP contribution in [0.3, 0.4) is 0 Å². The van der Waals surface area contributed by atoms with E-state index in [-0.39, 0.29) is 6.54 Å². The minimum absolute atomic E-state index is 0.148. The predicted octanol–water partition coefficient (Wildman–Crippen LogP) is 2.34. The van der Waals surface area contributed by atoms with Crippen molar-refractivity contribution in [3.8, 4) is 0 Å². The average Bonchev–Trinajstić information content (AvgIpc) is 2.89. The van der Waals surface area contributed by atoms with Gasteiger partial charge in [-0.1, -0.05) is 0 Å². The SMILES string of the molecule is Fc1nc(F)c(F)c(NCCCn2ccnc2)c1F. The standard InChI is InChI=1S/C11H10F4N4/c12-7-9(8(13)11(15)18-10(7)14)17-2-1-4-19-5-3-16-6-19/h3,5-6H,1-2,4H2,(H,17,18). The quantitative estimate of drug-likeness (QED) is 0.517. The van der Waals surface area contributed by atoms with Gasteiger partial charge in [0.1, 0.15) is 5.69 Å². The van der Waals surface area contributed by atoms with Crippen molar-refractivity contribution in [1.82, 2.24) is 14.5 Å². The number of anilines is 1. The van der Waals surface area contributed by atoms with E-state index in [0.717, 1.165) is 0 Å². The molecule has 0 spiro atoms. The van der Waals surface area contributed by atoms with Crippen molar-refractivity contribution < 1.29 is 17.6 Å². The lowest BCUT2D eigenvalue weighted by molar-refractivity contribution is 0.410. The average molecular weight is 274 g/mol. The number of nitrogens with one attached hydrogen (secondary N) is 1. The molecule has 2 aromatic heterocycles. The summed E-state index contributed by atoms with van der Waals surface area (Å²) in [4.78, 5) is 6.29. The molecule has 0 aliphatic heterocycles. The molecule has 2 rings (SSSR count). The number of halogens is 4. The highest BCUT2D eigenvalue weighted by molar-refractivity contribution is 5.45. The third-order valence-corrected chi connectivity index (χ3v) is 2.45. The Kier molecular flexibility index (Phi) is 3.98. The summed E-state index contributed by atoms with van der Waals surface area (Å²) in [6.45, 7) is 0.710. The third-order valence-electron chi connectivity index (χ3n) is 2.45. The summed E-state index contributed by atoms with van der Waals surface area (Å²) in [5.41, 5.74) is -0.837. The molecule has 102 valence electrons. The van der Waals surface area contributed by atoms with E-state index in [1.54, 1.807) is 23.3 Å². The summed E-state index contributed by atoms with van der Waals surface area (Å²) in [6, 6.07) is 0. The molecule has 0 atom stereocenters. The number of nitrogens with zero attached hydrogens (tertiary/aromatic N) is 3. The molecule has 0 aromatic carbocycles. The van der Waals surface area contributed by atoms with Crippen LogP contribution in [0.1, 0.15) is 6.42 Å². The molecule has 2 heterocycles. The van der Waals surface area contributed by atoms with Gasteiger partial charge in [0.2, 0.25) is 11.6 Å². The first-order valence-corrected chi connectivity index (χ1v) is 5.49. The summed E-state index contributed by atoms with van der Waals surface area (Å²) in [6.07, 6.45) is 5.42. The molecule has 0 amide bonds. The fraction of sp³-hybridized carbons (Fsp3) is 0.273.